The smallest absolute Gasteiger partial charge is 0.416 e. The Kier molecular flexibility index (Phi) is 5.46. The van der Waals surface area contributed by atoms with Crippen molar-refractivity contribution in [3.8, 4) is 5.75 Å². The average Bonchev–Trinajstić information content (AvgIpc) is 2.58. The lowest BCUT2D eigenvalue weighted by Gasteiger charge is -2.18. The third-order valence-corrected chi connectivity index (χ3v) is 3.43. The maximum Gasteiger partial charge on any atom is 0.416 e. The van der Waals surface area contributed by atoms with E-state index in [1.165, 1.54) is 31.4 Å². The van der Waals surface area contributed by atoms with E-state index in [-0.39, 0.29) is 17.7 Å². The van der Waals surface area contributed by atoms with Gasteiger partial charge in [-0.25, -0.2) is 0 Å². The van der Waals surface area contributed by atoms with Gasteiger partial charge in [0.1, 0.15) is 5.75 Å². The fraction of sp³-hybridized carbons (Fsp3) is 0.235. The van der Waals surface area contributed by atoms with Crippen molar-refractivity contribution in [1.29, 1.82) is 0 Å². The van der Waals surface area contributed by atoms with Gasteiger partial charge in [-0.1, -0.05) is 30.3 Å². The predicted octanol–water partition coefficient (Wildman–Crippen LogP) is 3.18. The molecule has 128 valence electrons. The Balaban J connectivity index is 2.11. The highest BCUT2D eigenvalue weighted by molar-refractivity contribution is 5.96. The van der Waals surface area contributed by atoms with Crippen molar-refractivity contribution < 1.29 is 27.8 Å². The average molecular weight is 339 g/mol. The summed E-state index contributed by atoms with van der Waals surface area (Å²) in [4.78, 5) is 12.1. The molecule has 0 aromatic heterocycles. The van der Waals surface area contributed by atoms with E-state index in [1.807, 2.05) is 0 Å². The molecule has 4 nitrogen and oxygen atoms in total. The minimum Gasteiger partial charge on any atom is -0.496 e. The van der Waals surface area contributed by atoms with Crippen molar-refractivity contribution in [1.82, 2.24) is 5.32 Å². The fourth-order valence-corrected chi connectivity index (χ4v) is 2.27. The van der Waals surface area contributed by atoms with E-state index in [9.17, 15) is 23.1 Å². The number of para-hydroxylation sites is 1. The van der Waals surface area contributed by atoms with Gasteiger partial charge in [0.2, 0.25) is 0 Å². The van der Waals surface area contributed by atoms with Crippen LogP contribution in [0.15, 0.2) is 48.5 Å². The molecule has 0 aliphatic heterocycles. The molecular formula is C17H16F3NO3. The van der Waals surface area contributed by atoms with E-state index in [2.05, 4.69) is 5.32 Å². The number of ether oxygens (including phenoxy) is 1. The first kappa shape index (κ1) is 17.8. The second-order valence-electron chi connectivity index (χ2n) is 5.01. The third kappa shape index (κ3) is 4.05. The standard InChI is InChI=1S/C17H16F3NO3/c1-24-15-9-5-3-7-12(15)16(23)21-10-14(22)11-6-2-4-8-13(11)17(18,19)20/h2-9,14,22H,10H2,1H3,(H,21,23)/t14-/m1/s1. The van der Waals surface area contributed by atoms with Crippen LogP contribution in [0.5, 0.6) is 5.75 Å². The van der Waals surface area contributed by atoms with Crippen LogP contribution in [0, 0.1) is 0 Å². The summed E-state index contributed by atoms with van der Waals surface area (Å²) in [5.41, 5.74) is -0.981. The van der Waals surface area contributed by atoms with E-state index in [0.717, 1.165) is 6.07 Å². The lowest BCUT2D eigenvalue weighted by atomic mass is 10.0. The number of methoxy groups -OCH3 is 1. The molecule has 0 fully saturated rings. The molecule has 0 radical (unpaired) electrons. The lowest BCUT2D eigenvalue weighted by molar-refractivity contribution is -0.139. The molecule has 1 atom stereocenters. The summed E-state index contributed by atoms with van der Waals surface area (Å²) in [5, 5.41) is 12.5. The molecule has 2 rings (SSSR count). The van der Waals surface area contributed by atoms with Crippen LogP contribution in [-0.2, 0) is 6.18 Å². The predicted molar refractivity (Wildman–Crippen MR) is 81.7 cm³/mol. The molecule has 0 bridgehead atoms. The summed E-state index contributed by atoms with van der Waals surface area (Å²) in [5.74, 6) is -0.212. The summed E-state index contributed by atoms with van der Waals surface area (Å²) in [6, 6.07) is 11.1. The molecule has 0 saturated carbocycles. The van der Waals surface area contributed by atoms with Crippen LogP contribution < -0.4 is 10.1 Å². The van der Waals surface area contributed by atoms with E-state index >= 15 is 0 Å². The molecule has 1 amide bonds. The zero-order valence-electron chi connectivity index (χ0n) is 12.8. The molecule has 2 aromatic carbocycles. The number of halogens is 3. The van der Waals surface area contributed by atoms with E-state index in [0.29, 0.717) is 5.75 Å². The van der Waals surface area contributed by atoms with E-state index in [4.69, 9.17) is 4.74 Å². The largest absolute Gasteiger partial charge is 0.496 e. The SMILES string of the molecule is COc1ccccc1C(=O)NC[C@@H](O)c1ccccc1C(F)(F)F. The first-order valence-electron chi connectivity index (χ1n) is 7.10. The topological polar surface area (TPSA) is 58.6 Å². The van der Waals surface area contributed by atoms with Crippen molar-refractivity contribution in [2.24, 2.45) is 0 Å². The second-order valence-corrected chi connectivity index (χ2v) is 5.01. The maximum atomic E-state index is 13.0. The summed E-state index contributed by atoms with van der Waals surface area (Å²) in [6.45, 7) is -0.357. The van der Waals surface area contributed by atoms with Crippen LogP contribution in [-0.4, -0.2) is 24.7 Å². The summed E-state index contributed by atoms with van der Waals surface area (Å²) in [6.07, 6.45) is -6.06. The van der Waals surface area contributed by atoms with Crippen molar-refractivity contribution in [2.45, 2.75) is 12.3 Å². The van der Waals surface area contributed by atoms with Crippen LogP contribution >= 0.6 is 0 Å². The second kappa shape index (κ2) is 7.35. The van der Waals surface area contributed by atoms with Crippen LogP contribution in [0.2, 0.25) is 0 Å². The Morgan fingerprint density at radius 2 is 1.79 bits per heavy atom. The minimum absolute atomic E-state index is 0.233. The number of hydrogen-bond acceptors (Lipinski definition) is 3. The Labute approximate surface area is 136 Å². The van der Waals surface area contributed by atoms with Gasteiger partial charge in [0.05, 0.1) is 24.3 Å². The van der Waals surface area contributed by atoms with Gasteiger partial charge >= 0.3 is 6.18 Å². The number of aliphatic hydroxyl groups excluding tert-OH is 1. The van der Waals surface area contributed by atoms with Gasteiger partial charge in [0, 0.05) is 6.54 Å². The van der Waals surface area contributed by atoms with Gasteiger partial charge in [0.15, 0.2) is 0 Å². The number of amides is 1. The van der Waals surface area contributed by atoms with Gasteiger partial charge in [-0.15, -0.1) is 0 Å². The van der Waals surface area contributed by atoms with Crippen LogP contribution in [0.1, 0.15) is 27.6 Å². The number of hydrogen-bond donors (Lipinski definition) is 2. The molecule has 2 aromatic rings. The van der Waals surface area contributed by atoms with Gasteiger partial charge in [-0.2, -0.15) is 13.2 Å². The zero-order chi connectivity index (χ0) is 17.7. The van der Waals surface area contributed by atoms with Gasteiger partial charge in [-0.05, 0) is 23.8 Å². The monoisotopic (exact) mass is 339 g/mol. The Morgan fingerprint density at radius 1 is 1.17 bits per heavy atom. The molecule has 0 saturated heterocycles. The van der Waals surface area contributed by atoms with Crippen LogP contribution in [0.4, 0.5) is 13.2 Å². The maximum absolute atomic E-state index is 13.0. The Morgan fingerprint density at radius 3 is 2.46 bits per heavy atom. The Bertz CT molecular complexity index is 716. The highest BCUT2D eigenvalue weighted by Gasteiger charge is 2.34. The summed E-state index contributed by atoms with van der Waals surface area (Å²) < 4.78 is 43.9. The van der Waals surface area contributed by atoms with Gasteiger partial charge in [-0.3, -0.25) is 4.79 Å². The number of rotatable bonds is 5. The van der Waals surface area contributed by atoms with Crippen LogP contribution in [0.25, 0.3) is 0 Å². The van der Waals surface area contributed by atoms with Gasteiger partial charge < -0.3 is 15.2 Å². The molecule has 0 aliphatic rings. The first-order valence-corrected chi connectivity index (χ1v) is 7.10. The molecule has 7 heteroatoms. The highest BCUT2D eigenvalue weighted by atomic mass is 19.4. The molecule has 0 spiro atoms. The molecule has 2 N–H and O–H groups in total. The molecule has 0 aliphatic carbocycles. The fourth-order valence-electron chi connectivity index (χ4n) is 2.27. The third-order valence-electron chi connectivity index (χ3n) is 3.43. The molecule has 0 heterocycles. The summed E-state index contributed by atoms with van der Waals surface area (Å²) >= 11 is 0. The molecule has 24 heavy (non-hydrogen) atoms. The van der Waals surface area contributed by atoms with Crippen molar-refractivity contribution in [2.75, 3.05) is 13.7 Å². The number of nitrogens with one attached hydrogen (secondary N) is 1. The molecular weight excluding hydrogens is 323 g/mol. The lowest BCUT2D eigenvalue weighted by Crippen LogP contribution is -2.29. The first-order chi connectivity index (χ1) is 11.3. The number of benzene rings is 2. The molecule has 0 unspecified atom stereocenters. The van der Waals surface area contributed by atoms with Crippen molar-refractivity contribution in [3.05, 3.63) is 65.2 Å². The number of carbonyl (C=O) groups is 1. The summed E-state index contributed by atoms with van der Waals surface area (Å²) in [7, 11) is 1.40. The van der Waals surface area contributed by atoms with Gasteiger partial charge in [0.25, 0.3) is 5.91 Å². The number of carbonyl (C=O) groups excluding carboxylic acids is 1. The quantitative estimate of drug-likeness (QED) is 0.880. The minimum atomic E-state index is -4.58. The van der Waals surface area contributed by atoms with E-state index in [1.54, 1.807) is 18.2 Å². The van der Waals surface area contributed by atoms with Crippen LogP contribution in [0.3, 0.4) is 0 Å². The van der Waals surface area contributed by atoms with Crippen molar-refractivity contribution in [3.63, 3.8) is 0 Å². The zero-order valence-corrected chi connectivity index (χ0v) is 12.8. The highest BCUT2D eigenvalue weighted by Crippen LogP contribution is 2.34. The Hall–Kier alpha value is -2.54. The normalized spacial score (nSPS) is 12.5. The van der Waals surface area contributed by atoms with Crippen molar-refractivity contribution >= 4 is 5.91 Å². The number of alkyl halides is 3. The number of aliphatic hydroxyl groups is 1. The van der Waals surface area contributed by atoms with E-state index < -0.39 is 23.8 Å².